The number of carbonyl (C=O) groups excluding carboxylic acids is 2. The lowest BCUT2D eigenvalue weighted by atomic mass is 10.3. The van der Waals surface area contributed by atoms with E-state index in [0.29, 0.717) is 5.69 Å². The maximum Gasteiger partial charge on any atom is 0.413 e. The van der Waals surface area contributed by atoms with Crippen LogP contribution in [0.4, 0.5) is 10.5 Å². The number of ether oxygens (including phenoxy) is 1. The van der Waals surface area contributed by atoms with Crippen LogP contribution in [0, 0.1) is 0 Å². The molecule has 18 heavy (non-hydrogen) atoms. The van der Waals surface area contributed by atoms with Gasteiger partial charge in [-0.05, 0) is 24.3 Å². The molecule has 8 heteroatoms. The molecule has 0 fully saturated rings. The van der Waals surface area contributed by atoms with E-state index in [1.807, 2.05) is 0 Å². The zero-order valence-corrected chi connectivity index (χ0v) is 10.3. The van der Waals surface area contributed by atoms with Gasteiger partial charge in [-0.25, -0.2) is 9.00 Å². The molecule has 0 heterocycles. The Balaban J connectivity index is 2.50. The maximum absolute atomic E-state index is 11.1. The van der Waals surface area contributed by atoms with Crippen molar-refractivity contribution in [2.45, 2.75) is 6.92 Å². The fraction of sp³-hybridized carbons (Fsp3) is 0.200. The Morgan fingerprint density at radius 2 is 1.94 bits per heavy atom. The molecular formula is C10H12N2O5S. The average Bonchev–Trinajstić information content (AvgIpc) is 2.28. The highest BCUT2D eigenvalue weighted by Gasteiger charge is 2.05. The first-order valence-electron chi connectivity index (χ1n) is 4.88. The predicted molar refractivity (Wildman–Crippen MR) is 65.5 cm³/mol. The Hall–Kier alpha value is -1.93. The van der Waals surface area contributed by atoms with E-state index in [1.165, 1.54) is 19.1 Å². The van der Waals surface area contributed by atoms with Crippen LogP contribution in [0.15, 0.2) is 24.3 Å². The molecule has 0 aliphatic heterocycles. The molecule has 1 rings (SSSR count). The van der Waals surface area contributed by atoms with Crippen molar-refractivity contribution in [3.63, 3.8) is 0 Å². The average molecular weight is 272 g/mol. The van der Waals surface area contributed by atoms with Crippen molar-refractivity contribution in [2.24, 2.45) is 0 Å². The third-order valence-corrected chi connectivity index (χ3v) is 2.12. The zero-order chi connectivity index (χ0) is 13.5. The summed E-state index contributed by atoms with van der Waals surface area (Å²) in [5.41, 5.74) is 0.576. The van der Waals surface area contributed by atoms with Crippen LogP contribution in [0.1, 0.15) is 6.92 Å². The van der Waals surface area contributed by atoms with Gasteiger partial charge in [0, 0.05) is 12.6 Å². The summed E-state index contributed by atoms with van der Waals surface area (Å²) in [6, 6.07) is 6.10. The minimum absolute atomic E-state index is 0.202. The molecule has 0 saturated carbocycles. The minimum Gasteiger partial charge on any atom is -0.410 e. The second-order valence-electron chi connectivity index (χ2n) is 3.24. The molecule has 1 atom stereocenters. The lowest BCUT2D eigenvalue weighted by Crippen LogP contribution is -2.29. The highest BCUT2D eigenvalue weighted by atomic mass is 32.2. The first-order chi connectivity index (χ1) is 8.47. The van der Waals surface area contributed by atoms with E-state index in [4.69, 9.17) is 9.29 Å². The van der Waals surface area contributed by atoms with E-state index in [0.717, 1.165) is 0 Å². The molecule has 1 aromatic rings. The fourth-order valence-electron chi connectivity index (χ4n) is 1.07. The summed E-state index contributed by atoms with van der Waals surface area (Å²) in [6.45, 7) is 1.38. The summed E-state index contributed by atoms with van der Waals surface area (Å²) < 4.78 is 23.6. The van der Waals surface area contributed by atoms with Crippen molar-refractivity contribution in [3.05, 3.63) is 24.3 Å². The first kappa shape index (κ1) is 14.1. The van der Waals surface area contributed by atoms with Gasteiger partial charge in [0.1, 0.15) is 11.6 Å². The number of hydrogen-bond donors (Lipinski definition) is 3. The van der Waals surface area contributed by atoms with Crippen molar-refractivity contribution in [1.82, 2.24) is 5.32 Å². The normalized spacial score (nSPS) is 11.4. The zero-order valence-electron chi connectivity index (χ0n) is 9.50. The van der Waals surface area contributed by atoms with Crippen molar-refractivity contribution < 1.29 is 23.1 Å². The third kappa shape index (κ3) is 5.41. The summed E-state index contributed by atoms with van der Waals surface area (Å²) in [7, 11) is 0. The second kappa shape index (κ2) is 6.72. The molecule has 0 spiro atoms. The van der Waals surface area contributed by atoms with Gasteiger partial charge in [0.05, 0.1) is 0 Å². The molecule has 1 aromatic carbocycles. The maximum atomic E-state index is 11.1. The van der Waals surface area contributed by atoms with Crippen LogP contribution in [-0.4, -0.2) is 26.6 Å². The van der Waals surface area contributed by atoms with Gasteiger partial charge in [0.15, 0.2) is 11.1 Å². The van der Waals surface area contributed by atoms with E-state index >= 15 is 0 Å². The van der Waals surface area contributed by atoms with Gasteiger partial charge in [-0.15, -0.1) is 0 Å². The molecule has 0 aromatic heterocycles. The van der Waals surface area contributed by atoms with E-state index < -0.39 is 23.1 Å². The molecule has 3 N–H and O–H groups in total. The number of anilines is 1. The summed E-state index contributed by atoms with van der Waals surface area (Å²) in [4.78, 5) is 21.9. The van der Waals surface area contributed by atoms with Gasteiger partial charge in [0.25, 0.3) is 0 Å². The van der Waals surface area contributed by atoms with Gasteiger partial charge in [0.2, 0.25) is 5.91 Å². The van der Waals surface area contributed by atoms with Gasteiger partial charge in [-0.3, -0.25) is 4.79 Å². The summed E-state index contributed by atoms with van der Waals surface area (Å²) >= 11 is -2.11. The molecule has 98 valence electrons. The van der Waals surface area contributed by atoms with Crippen LogP contribution in [0.5, 0.6) is 5.75 Å². The molecule has 0 aliphatic rings. The van der Waals surface area contributed by atoms with Crippen molar-refractivity contribution in [3.8, 4) is 5.75 Å². The highest BCUT2D eigenvalue weighted by molar-refractivity contribution is 7.79. The van der Waals surface area contributed by atoms with E-state index in [-0.39, 0.29) is 11.7 Å². The minimum atomic E-state index is -2.11. The second-order valence-corrected chi connectivity index (χ2v) is 4.17. The topological polar surface area (TPSA) is 105 Å². The monoisotopic (exact) mass is 272 g/mol. The van der Waals surface area contributed by atoms with Gasteiger partial charge >= 0.3 is 6.09 Å². The van der Waals surface area contributed by atoms with Gasteiger partial charge in [-0.1, -0.05) is 0 Å². The molecule has 0 saturated heterocycles. The molecular weight excluding hydrogens is 260 g/mol. The number of hydrogen-bond acceptors (Lipinski definition) is 4. The lowest BCUT2D eigenvalue weighted by molar-refractivity contribution is -0.114. The third-order valence-electron chi connectivity index (χ3n) is 1.73. The summed E-state index contributed by atoms with van der Waals surface area (Å²) in [5, 5.41) is 4.65. The predicted octanol–water partition coefficient (Wildman–Crippen LogP) is 0.913. The van der Waals surface area contributed by atoms with Gasteiger partial charge in [-0.2, -0.15) is 0 Å². The largest absolute Gasteiger partial charge is 0.413 e. The Morgan fingerprint density at radius 1 is 1.33 bits per heavy atom. The molecule has 0 aliphatic carbocycles. The number of rotatable bonds is 4. The summed E-state index contributed by atoms with van der Waals surface area (Å²) in [5.74, 6) is -0.347. The quantitative estimate of drug-likeness (QED) is 0.707. The highest BCUT2D eigenvalue weighted by Crippen LogP contribution is 2.15. The SMILES string of the molecule is CC(=O)Nc1ccc(OC(=O)NCS(=O)O)cc1. The van der Waals surface area contributed by atoms with Crippen molar-refractivity contribution in [1.29, 1.82) is 0 Å². The Labute approximate surface area is 106 Å². The van der Waals surface area contributed by atoms with Crippen LogP contribution in [0.25, 0.3) is 0 Å². The van der Waals surface area contributed by atoms with Crippen LogP contribution in [0.3, 0.4) is 0 Å². The van der Waals surface area contributed by atoms with E-state index in [9.17, 15) is 13.8 Å². The molecule has 1 unspecified atom stereocenters. The van der Waals surface area contributed by atoms with Crippen LogP contribution in [0.2, 0.25) is 0 Å². The molecule has 0 radical (unpaired) electrons. The Bertz CT molecular complexity index is 460. The number of amides is 2. The standard InChI is InChI=1S/C10H12N2O5S/c1-7(13)12-8-2-4-9(5-3-8)17-10(14)11-6-18(15)16/h2-5H,6H2,1H3,(H,11,14)(H,12,13)(H,15,16). The number of benzene rings is 1. The first-order valence-corrected chi connectivity index (χ1v) is 6.16. The van der Waals surface area contributed by atoms with Crippen LogP contribution >= 0.6 is 0 Å². The van der Waals surface area contributed by atoms with E-state index in [2.05, 4.69) is 10.6 Å². The lowest BCUT2D eigenvalue weighted by Gasteiger charge is -2.06. The Kier molecular flexibility index (Phi) is 5.28. The number of nitrogens with one attached hydrogen (secondary N) is 2. The fourth-order valence-corrected chi connectivity index (χ4v) is 1.31. The van der Waals surface area contributed by atoms with Crippen LogP contribution < -0.4 is 15.4 Å². The molecule has 7 nitrogen and oxygen atoms in total. The van der Waals surface area contributed by atoms with Crippen molar-refractivity contribution >= 4 is 28.8 Å². The van der Waals surface area contributed by atoms with Crippen molar-refractivity contribution in [2.75, 3.05) is 11.2 Å². The van der Waals surface area contributed by atoms with E-state index in [1.54, 1.807) is 12.1 Å². The molecule has 2 amide bonds. The van der Waals surface area contributed by atoms with Crippen LogP contribution in [-0.2, 0) is 15.9 Å². The number of carbonyl (C=O) groups is 2. The molecule has 0 bridgehead atoms. The van der Waals surface area contributed by atoms with Gasteiger partial charge < -0.3 is 19.9 Å². The smallest absolute Gasteiger partial charge is 0.410 e. The Morgan fingerprint density at radius 3 is 2.44 bits per heavy atom. The summed E-state index contributed by atoms with van der Waals surface area (Å²) in [6.07, 6.45) is -0.829.